The molecule has 1 nitrogen and oxygen atoms in total. The molecule has 3 aromatic rings. The maximum atomic E-state index is 6.72. The molecule has 0 amide bonds. The molecule has 0 aliphatic rings. The fourth-order valence-corrected chi connectivity index (χ4v) is 3.17. The van der Waals surface area contributed by atoms with Crippen molar-refractivity contribution in [3.8, 4) is 0 Å². The van der Waals surface area contributed by atoms with Gasteiger partial charge in [-0.3, -0.25) is 0 Å². The molecule has 1 aromatic heterocycles. The van der Waals surface area contributed by atoms with Crippen LogP contribution in [0.5, 0.6) is 0 Å². The number of alkyl halides is 1. The van der Waals surface area contributed by atoms with Crippen LogP contribution in [0.4, 0.5) is 0 Å². The van der Waals surface area contributed by atoms with Gasteiger partial charge < -0.3 is 4.42 Å². The predicted octanol–water partition coefficient (Wildman–Crippen LogP) is 5.69. The lowest BCUT2D eigenvalue weighted by molar-refractivity contribution is 0.501. The number of fused-ring (bicyclic) bond motifs is 1. The molecule has 0 saturated heterocycles. The van der Waals surface area contributed by atoms with Gasteiger partial charge in [0.25, 0.3) is 0 Å². The van der Waals surface area contributed by atoms with E-state index < -0.39 is 0 Å². The number of aryl methyl sites for hydroxylation is 3. The summed E-state index contributed by atoms with van der Waals surface area (Å²) in [5, 5.41) is 2.29. The van der Waals surface area contributed by atoms with E-state index in [0.29, 0.717) is 0 Å². The van der Waals surface area contributed by atoms with Crippen molar-refractivity contribution in [2.24, 2.45) is 0 Å². The Morgan fingerprint density at radius 3 is 2.25 bits per heavy atom. The molecule has 0 bridgehead atoms. The first-order chi connectivity index (χ1) is 9.58. The molecule has 0 aliphatic carbocycles. The predicted molar refractivity (Wildman–Crippen MR) is 84.6 cm³/mol. The number of rotatable bonds is 2. The highest BCUT2D eigenvalue weighted by Crippen LogP contribution is 2.37. The van der Waals surface area contributed by atoms with Crippen LogP contribution in [0, 0.1) is 20.8 Å². The monoisotopic (exact) mass is 284 g/mol. The van der Waals surface area contributed by atoms with E-state index in [-0.39, 0.29) is 5.38 Å². The van der Waals surface area contributed by atoms with Gasteiger partial charge in [-0.1, -0.05) is 36.4 Å². The zero-order valence-electron chi connectivity index (χ0n) is 11.9. The second kappa shape index (κ2) is 4.99. The van der Waals surface area contributed by atoms with E-state index in [9.17, 15) is 0 Å². The normalized spacial score (nSPS) is 12.8. The third kappa shape index (κ3) is 2.12. The maximum Gasteiger partial charge on any atom is 0.106 e. The molecule has 0 saturated carbocycles. The highest BCUT2D eigenvalue weighted by molar-refractivity contribution is 6.23. The van der Waals surface area contributed by atoms with E-state index in [2.05, 4.69) is 43.3 Å². The Morgan fingerprint density at radius 1 is 0.900 bits per heavy atom. The van der Waals surface area contributed by atoms with Crippen molar-refractivity contribution in [2.75, 3.05) is 0 Å². The van der Waals surface area contributed by atoms with Crippen molar-refractivity contribution in [3.63, 3.8) is 0 Å². The Labute approximate surface area is 124 Å². The van der Waals surface area contributed by atoms with E-state index in [4.69, 9.17) is 16.0 Å². The van der Waals surface area contributed by atoms with Gasteiger partial charge in [-0.2, -0.15) is 0 Å². The fourth-order valence-electron chi connectivity index (χ4n) is 2.76. The molecular weight excluding hydrogens is 268 g/mol. The Morgan fingerprint density at radius 2 is 1.60 bits per heavy atom. The molecule has 1 heterocycles. The lowest BCUT2D eigenvalue weighted by atomic mass is 9.95. The summed E-state index contributed by atoms with van der Waals surface area (Å²) in [5.74, 6) is 1.80. The molecule has 0 N–H and O–H groups in total. The highest BCUT2D eigenvalue weighted by Gasteiger charge is 2.19. The van der Waals surface area contributed by atoms with E-state index in [0.717, 1.165) is 22.6 Å². The molecule has 102 valence electrons. The summed E-state index contributed by atoms with van der Waals surface area (Å²) in [6, 6.07) is 14.7. The molecule has 0 fully saturated rings. The molecule has 0 aliphatic heterocycles. The molecule has 1 atom stereocenters. The quantitative estimate of drug-likeness (QED) is 0.551. The van der Waals surface area contributed by atoms with Gasteiger partial charge in [-0.05, 0) is 48.7 Å². The largest absolute Gasteiger partial charge is 0.466 e. The standard InChI is InChI=1S/C18H17ClO/c1-11-8-9-16(15-7-5-4-6-14(11)15)18(19)17-10-12(2)20-13(17)3/h4-10,18H,1-3H3. The molecule has 20 heavy (non-hydrogen) atoms. The first-order valence-corrected chi connectivity index (χ1v) is 7.21. The molecular formula is C18H17ClO. The number of benzene rings is 2. The number of hydrogen-bond acceptors (Lipinski definition) is 1. The Kier molecular flexibility index (Phi) is 3.31. The van der Waals surface area contributed by atoms with Crippen molar-refractivity contribution in [3.05, 3.63) is 70.7 Å². The minimum Gasteiger partial charge on any atom is -0.466 e. The lowest BCUT2D eigenvalue weighted by Crippen LogP contribution is -1.96. The van der Waals surface area contributed by atoms with Crippen LogP contribution in [0.3, 0.4) is 0 Å². The smallest absolute Gasteiger partial charge is 0.106 e. The van der Waals surface area contributed by atoms with Crippen LogP contribution in [-0.2, 0) is 0 Å². The van der Waals surface area contributed by atoms with Crippen LogP contribution in [-0.4, -0.2) is 0 Å². The summed E-state index contributed by atoms with van der Waals surface area (Å²) in [7, 11) is 0. The van der Waals surface area contributed by atoms with Crippen LogP contribution in [0.25, 0.3) is 10.8 Å². The second-order valence-corrected chi connectivity index (χ2v) is 5.68. The Bertz CT molecular complexity index is 770. The van der Waals surface area contributed by atoms with E-state index in [1.165, 1.54) is 16.3 Å². The summed E-state index contributed by atoms with van der Waals surface area (Å²) in [5.41, 5.74) is 3.46. The Balaban J connectivity index is 2.20. The van der Waals surface area contributed by atoms with Gasteiger partial charge in [0.1, 0.15) is 11.5 Å². The van der Waals surface area contributed by atoms with E-state index in [1.54, 1.807) is 0 Å². The van der Waals surface area contributed by atoms with Gasteiger partial charge in [-0.15, -0.1) is 11.6 Å². The highest BCUT2D eigenvalue weighted by atomic mass is 35.5. The zero-order chi connectivity index (χ0) is 14.3. The topological polar surface area (TPSA) is 13.1 Å². The summed E-state index contributed by atoms with van der Waals surface area (Å²) >= 11 is 6.72. The third-order valence-electron chi connectivity index (χ3n) is 3.80. The van der Waals surface area contributed by atoms with Crippen molar-refractivity contribution in [2.45, 2.75) is 26.1 Å². The first-order valence-electron chi connectivity index (χ1n) is 6.77. The van der Waals surface area contributed by atoms with Gasteiger partial charge in [0.05, 0.1) is 5.38 Å². The number of halogens is 1. The van der Waals surface area contributed by atoms with Crippen LogP contribution in [0.15, 0.2) is 46.9 Å². The fraction of sp³-hybridized carbons (Fsp3) is 0.222. The average Bonchev–Trinajstić information content (AvgIpc) is 2.78. The summed E-state index contributed by atoms with van der Waals surface area (Å²) in [4.78, 5) is 0. The van der Waals surface area contributed by atoms with E-state index in [1.807, 2.05) is 19.9 Å². The van der Waals surface area contributed by atoms with Crippen molar-refractivity contribution >= 4 is 22.4 Å². The van der Waals surface area contributed by atoms with Gasteiger partial charge in [0.2, 0.25) is 0 Å². The van der Waals surface area contributed by atoms with Crippen molar-refractivity contribution in [1.29, 1.82) is 0 Å². The number of hydrogen-bond donors (Lipinski definition) is 0. The van der Waals surface area contributed by atoms with Crippen LogP contribution in [0.1, 0.15) is 33.6 Å². The minimum absolute atomic E-state index is 0.182. The third-order valence-corrected chi connectivity index (χ3v) is 4.27. The summed E-state index contributed by atoms with van der Waals surface area (Å²) in [6.45, 7) is 6.05. The van der Waals surface area contributed by atoms with Gasteiger partial charge in [0, 0.05) is 5.56 Å². The van der Waals surface area contributed by atoms with Crippen LogP contribution < -0.4 is 0 Å². The van der Waals surface area contributed by atoms with Crippen LogP contribution >= 0.6 is 11.6 Å². The van der Waals surface area contributed by atoms with Gasteiger partial charge in [-0.25, -0.2) is 0 Å². The molecule has 2 aromatic carbocycles. The van der Waals surface area contributed by atoms with Crippen LogP contribution in [0.2, 0.25) is 0 Å². The molecule has 1 unspecified atom stereocenters. The molecule has 3 rings (SSSR count). The molecule has 0 radical (unpaired) electrons. The summed E-state index contributed by atoms with van der Waals surface area (Å²) < 4.78 is 5.61. The average molecular weight is 285 g/mol. The maximum absolute atomic E-state index is 6.72. The summed E-state index contributed by atoms with van der Waals surface area (Å²) in [6.07, 6.45) is 0. The number of furan rings is 1. The molecule has 2 heteroatoms. The molecule has 0 spiro atoms. The van der Waals surface area contributed by atoms with Crippen molar-refractivity contribution < 1.29 is 4.42 Å². The van der Waals surface area contributed by atoms with E-state index >= 15 is 0 Å². The van der Waals surface area contributed by atoms with Gasteiger partial charge in [0.15, 0.2) is 0 Å². The lowest BCUT2D eigenvalue weighted by Gasteiger charge is -2.14. The SMILES string of the molecule is Cc1cc(C(Cl)c2ccc(C)c3ccccc23)c(C)o1. The second-order valence-electron chi connectivity index (χ2n) is 5.25. The minimum atomic E-state index is -0.182. The van der Waals surface area contributed by atoms with Crippen molar-refractivity contribution in [1.82, 2.24) is 0 Å². The first kappa shape index (κ1) is 13.3. The Hall–Kier alpha value is -1.73. The zero-order valence-corrected chi connectivity index (χ0v) is 12.7. The van der Waals surface area contributed by atoms with Gasteiger partial charge >= 0.3 is 0 Å².